The van der Waals surface area contributed by atoms with Crippen LogP contribution in [0.4, 0.5) is 0 Å². The number of hydrogen-bond donors (Lipinski definition) is 1. The third-order valence-corrected chi connectivity index (χ3v) is 3.15. The van der Waals surface area contributed by atoms with E-state index in [1.807, 2.05) is 12.1 Å². The Morgan fingerprint density at radius 1 is 1.27 bits per heavy atom. The van der Waals surface area contributed by atoms with E-state index in [-0.39, 0.29) is 6.61 Å². The topological polar surface area (TPSA) is 55.8 Å². The van der Waals surface area contributed by atoms with Gasteiger partial charge in [0.05, 0.1) is 7.11 Å². The van der Waals surface area contributed by atoms with Crippen LogP contribution >= 0.6 is 11.6 Å². The van der Waals surface area contributed by atoms with Crippen LogP contribution in [0.5, 0.6) is 11.5 Å². The summed E-state index contributed by atoms with van der Waals surface area (Å²) in [6.07, 6.45) is 2.61. The molecule has 0 aliphatic carbocycles. The van der Waals surface area contributed by atoms with E-state index in [0.717, 1.165) is 17.2 Å². The van der Waals surface area contributed by atoms with Crippen LogP contribution < -0.4 is 9.47 Å². The maximum atomic E-state index is 10.6. The Hall–Kier alpha value is -2.46. The first-order valence-electron chi connectivity index (χ1n) is 6.55. The van der Waals surface area contributed by atoms with E-state index in [9.17, 15) is 4.79 Å². The highest BCUT2D eigenvalue weighted by Crippen LogP contribution is 2.24. The van der Waals surface area contributed by atoms with Gasteiger partial charge in [-0.15, -0.1) is 0 Å². The monoisotopic (exact) mass is 318 g/mol. The molecule has 0 saturated heterocycles. The molecule has 1 N–H and O–H groups in total. The fraction of sp³-hybridized carbons (Fsp3) is 0.118. The lowest BCUT2D eigenvalue weighted by atomic mass is 10.1. The molecule has 0 bridgehead atoms. The molecule has 114 valence electrons. The number of halogens is 1. The van der Waals surface area contributed by atoms with Gasteiger partial charge >= 0.3 is 5.97 Å². The summed E-state index contributed by atoms with van der Waals surface area (Å²) < 4.78 is 11.0. The number of carboxylic acid groups (broad SMARTS) is 1. The summed E-state index contributed by atoms with van der Waals surface area (Å²) in [6, 6.07) is 12.5. The van der Waals surface area contributed by atoms with Gasteiger partial charge in [0.2, 0.25) is 0 Å². The summed E-state index contributed by atoms with van der Waals surface area (Å²) in [5.74, 6) is 0.336. The molecule has 2 aromatic carbocycles. The zero-order valence-electron chi connectivity index (χ0n) is 12.0. The van der Waals surface area contributed by atoms with Crippen molar-refractivity contribution in [2.75, 3.05) is 7.11 Å². The van der Waals surface area contributed by atoms with E-state index in [4.69, 9.17) is 26.2 Å². The molecule has 0 heterocycles. The summed E-state index contributed by atoms with van der Waals surface area (Å²) in [5.41, 5.74) is 1.57. The van der Waals surface area contributed by atoms with Crippen LogP contribution in [0.1, 0.15) is 11.1 Å². The highest BCUT2D eigenvalue weighted by molar-refractivity contribution is 6.30. The van der Waals surface area contributed by atoms with E-state index < -0.39 is 5.97 Å². The Balaban J connectivity index is 2.17. The van der Waals surface area contributed by atoms with Crippen LogP contribution in [0.25, 0.3) is 6.08 Å². The number of carbonyl (C=O) groups is 1. The van der Waals surface area contributed by atoms with Crippen molar-refractivity contribution in [3.63, 3.8) is 0 Å². The first kappa shape index (κ1) is 15.9. The molecule has 0 aliphatic heterocycles. The van der Waals surface area contributed by atoms with Gasteiger partial charge in [0.15, 0.2) is 0 Å². The number of carboxylic acids is 1. The van der Waals surface area contributed by atoms with Crippen LogP contribution in [-0.4, -0.2) is 18.2 Å². The summed E-state index contributed by atoms with van der Waals surface area (Å²) in [7, 11) is 1.57. The second-order valence-corrected chi connectivity index (χ2v) is 4.93. The Kier molecular flexibility index (Phi) is 5.44. The van der Waals surface area contributed by atoms with Crippen molar-refractivity contribution in [3.8, 4) is 11.5 Å². The minimum absolute atomic E-state index is 0.290. The summed E-state index contributed by atoms with van der Waals surface area (Å²) in [4.78, 5) is 10.6. The molecule has 2 rings (SSSR count). The van der Waals surface area contributed by atoms with E-state index in [1.54, 1.807) is 37.4 Å². The van der Waals surface area contributed by atoms with Gasteiger partial charge in [-0.25, -0.2) is 4.79 Å². The van der Waals surface area contributed by atoms with Gasteiger partial charge in [-0.1, -0.05) is 23.7 Å². The average Bonchev–Trinajstić information content (AvgIpc) is 2.51. The quantitative estimate of drug-likeness (QED) is 0.817. The summed E-state index contributed by atoms with van der Waals surface area (Å²) >= 11 is 5.91. The van der Waals surface area contributed by atoms with Crippen molar-refractivity contribution in [2.45, 2.75) is 6.61 Å². The maximum absolute atomic E-state index is 10.6. The summed E-state index contributed by atoms with van der Waals surface area (Å²) in [6.45, 7) is 0.290. The molecule has 4 nitrogen and oxygen atoms in total. The van der Waals surface area contributed by atoms with Crippen LogP contribution in [-0.2, 0) is 11.4 Å². The predicted molar refractivity (Wildman–Crippen MR) is 85.4 cm³/mol. The minimum Gasteiger partial charge on any atom is -0.496 e. The van der Waals surface area contributed by atoms with Gasteiger partial charge in [-0.3, -0.25) is 0 Å². The first-order valence-corrected chi connectivity index (χ1v) is 6.92. The molecule has 2 aromatic rings. The number of ether oxygens (including phenoxy) is 2. The van der Waals surface area contributed by atoms with E-state index in [2.05, 4.69) is 0 Å². The molecule has 22 heavy (non-hydrogen) atoms. The van der Waals surface area contributed by atoms with E-state index in [1.165, 1.54) is 6.08 Å². The molecule has 0 saturated carbocycles. The molecule has 0 spiro atoms. The highest BCUT2D eigenvalue weighted by atomic mass is 35.5. The van der Waals surface area contributed by atoms with Crippen molar-refractivity contribution in [2.24, 2.45) is 0 Å². The van der Waals surface area contributed by atoms with Crippen molar-refractivity contribution >= 4 is 23.6 Å². The number of aliphatic carboxylic acids is 1. The molecule has 0 fully saturated rings. The van der Waals surface area contributed by atoms with Crippen LogP contribution in [0.3, 0.4) is 0 Å². The van der Waals surface area contributed by atoms with Gasteiger partial charge in [-0.2, -0.15) is 0 Å². The Labute approximate surface area is 133 Å². The van der Waals surface area contributed by atoms with Crippen molar-refractivity contribution in [1.29, 1.82) is 0 Å². The third-order valence-electron chi connectivity index (χ3n) is 2.91. The first-order chi connectivity index (χ1) is 10.6. The molecule has 0 unspecified atom stereocenters. The van der Waals surface area contributed by atoms with Gasteiger partial charge < -0.3 is 14.6 Å². The lowest BCUT2D eigenvalue weighted by Crippen LogP contribution is -1.99. The Morgan fingerprint density at radius 2 is 2.09 bits per heavy atom. The van der Waals surface area contributed by atoms with Crippen LogP contribution in [0, 0.1) is 0 Å². The maximum Gasteiger partial charge on any atom is 0.328 e. The largest absolute Gasteiger partial charge is 0.496 e. The van der Waals surface area contributed by atoms with E-state index >= 15 is 0 Å². The Bertz CT molecular complexity index is 695. The second kappa shape index (κ2) is 7.52. The van der Waals surface area contributed by atoms with Gasteiger partial charge in [0.1, 0.15) is 18.1 Å². The van der Waals surface area contributed by atoms with Gasteiger partial charge in [0.25, 0.3) is 0 Å². The molecule has 0 aromatic heterocycles. The zero-order valence-corrected chi connectivity index (χ0v) is 12.7. The number of hydrogen-bond acceptors (Lipinski definition) is 3. The fourth-order valence-electron chi connectivity index (χ4n) is 1.90. The van der Waals surface area contributed by atoms with Crippen molar-refractivity contribution in [3.05, 3.63) is 64.7 Å². The van der Waals surface area contributed by atoms with Gasteiger partial charge in [0, 0.05) is 16.7 Å². The van der Waals surface area contributed by atoms with E-state index in [0.29, 0.717) is 16.5 Å². The minimum atomic E-state index is -0.993. The molecular weight excluding hydrogens is 304 g/mol. The van der Waals surface area contributed by atoms with Crippen LogP contribution in [0.15, 0.2) is 48.5 Å². The van der Waals surface area contributed by atoms with Crippen molar-refractivity contribution < 1.29 is 19.4 Å². The SMILES string of the molecule is COc1ccc(/C=C/C(=O)O)cc1COc1cccc(Cl)c1. The number of methoxy groups -OCH3 is 1. The molecule has 0 aliphatic rings. The molecule has 5 heteroatoms. The third kappa shape index (κ3) is 4.53. The van der Waals surface area contributed by atoms with Crippen molar-refractivity contribution in [1.82, 2.24) is 0 Å². The number of rotatable bonds is 6. The molecule has 0 radical (unpaired) electrons. The zero-order chi connectivity index (χ0) is 15.9. The average molecular weight is 319 g/mol. The molecular formula is C17H15ClO4. The normalized spacial score (nSPS) is 10.6. The standard InChI is InChI=1S/C17H15ClO4/c1-21-16-7-5-12(6-8-17(19)20)9-13(16)11-22-15-4-2-3-14(18)10-15/h2-10H,11H2,1H3,(H,19,20)/b8-6+. The summed E-state index contributed by atoms with van der Waals surface area (Å²) in [5, 5.41) is 9.27. The smallest absolute Gasteiger partial charge is 0.328 e. The predicted octanol–water partition coefficient (Wildman–Crippen LogP) is 4.03. The number of benzene rings is 2. The van der Waals surface area contributed by atoms with Crippen LogP contribution in [0.2, 0.25) is 5.02 Å². The lowest BCUT2D eigenvalue weighted by molar-refractivity contribution is -0.131. The second-order valence-electron chi connectivity index (χ2n) is 4.49. The fourth-order valence-corrected chi connectivity index (χ4v) is 2.08. The molecule has 0 atom stereocenters. The highest BCUT2D eigenvalue weighted by Gasteiger charge is 2.05. The molecule has 0 amide bonds. The lowest BCUT2D eigenvalue weighted by Gasteiger charge is -2.11. The van der Waals surface area contributed by atoms with Gasteiger partial charge in [-0.05, 0) is 42.0 Å². The Morgan fingerprint density at radius 3 is 2.77 bits per heavy atom.